The lowest BCUT2D eigenvalue weighted by Gasteiger charge is -2.34. The molecular weight excluding hydrogens is 493 g/mol. The number of nitrogens with one attached hydrogen (secondary N) is 1. The van der Waals surface area contributed by atoms with Gasteiger partial charge in [-0.05, 0) is 92.5 Å². The SMILES string of the molecule is O=C(O)c1ccc(Cl)cc1CC[C@H]1CCC[C@@H]1NC(=O)C1CCN(c2ccc(C(F)(F)F)cc2)CC1. The second-order valence-electron chi connectivity index (χ2n) is 9.76. The molecule has 1 saturated carbocycles. The maximum Gasteiger partial charge on any atom is 0.416 e. The molecule has 36 heavy (non-hydrogen) atoms. The Hall–Kier alpha value is -2.74. The molecule has 0 spiro atoms. The van der Waals surface area contributed by atoms with Gasteiger partial charge in [-0.1, -0.05) is 18.0 Å². The van der Waals surface area contributed by atoms with Gasteiger partial charge in [0.25, 0.3) is 0 Å². The third-order valence-corrected chi connectivity index (χ3v) is 7.73. The number of amides is 1. The van der Waals surface area contributed by atoms with Gasteiger partial charge in [0, 0.05) is 35.8 Å². The lowest BCUT2D eigenvalue weighted by molar-refractivity contribution is -0.137. The maximum absolute atomic E-state index is 13.0. The van der Waals surface area contributed by atoms with Crippen LogP contribution in [0.5, 0.6) is 0 Å². The molecule has 2 N–H and O–H groups in total. The molecule has 2 atom stereocenters. The smallest absolute Gasteiger partial charge is 0.416 e. The number of nitrogens with zero attached hydrogens (tertiary/aromatic N) is 1. The molecule has 2 aromatic rings. The predicted octanol–water partition coefficient (Wildman–Crippen LogP) is 6.19. The summed E-state index contributed by atoms with van der Waals surface area (Å²) in [5, 5.41) is 13.2. The topological polar surface area (TPSA) is 69.6 Å². The average molecular weight is 523 g/mol. The fourth-order valence-electron chi connectivity index (χ4n) is 5.45. The number of carbonyl (C=O) groups excluding carboxylic acids is 1. The van der Waals surface area contributed by atoms with Crippen LogP contribution in [0, 0.1) is 11.8 Å². The second-order valence-corrected chi connectivity index (χ2v) is 10.2. The zero-order valence-corrected chi connectivity index (χ0v) is 20.6. The van der Waals surface area contributed by atoms with Crippen LogP contribution in [-0.2, 0) is 17.4 Å². The minimum atomic E-state index is -4.35. The fourth-order valence-corrected chi connectivity index (χ4v) is 5.65. The summed E-state index contributed by atoms with van der Waals surface area (Å²) in [7, 11) is 0. The van der Waals surface area contributed by atoms with Crippen molar-refractivity contribution in [1.29, 1.82) is 0 Å². The van der Waals surface area contributed by atoms with Crippen molar-refractivity contribution in [3.8, 4) is 0 Å². The molecule has 194 valence electrons. The van der Waals surface area contributed by atoms with Crippen LogP contribution in [-0.4, -0.2) is 36.1 Å². The van der Waals surface area contributed by atoms with Crippen LogP contribution in [0.15, 0.2) is 42.5 Å². The van der Waals surface area contributed by atoms with E-state index in [2.05, 4.69) is 5.32 Å². The Morgan fingerprint density at radius 1 is 1.03 bits per heavy atom. The van der Waals surface area contributed by atoms with E-state index in [9.17, 15) is 27.9 Å². The number of carboxylic acid groups (broad SMARTS) is 1. The number of carbonyl (C=O) groups is 2. The summed E-state index contributed by atoms with van der Waals surface area (Å²) in [6.45, 7) is 1.23. The molecule has 0 radical (unpaired) electrons. The minimum absolute atomic E-state index is 0.0351. The first-order chi connectivity index (χ1) is 17.1. The van der Waals surface area contributed by atoms with Gasteiger partial charge in [0.2, 0.25) is 5.91 Å². The molecule has 2 fully saturated rings. The van der Waals surface area contributed by atoms with E-state index in [1.165, 1.54) is 18.2 Å². The van der Waals surface area contributed by atoms with Gasteiger partial charge in [-0.2, -0.15) is 13.2 Å². The zero-order valence-electron chi connectivity index (χ0n) is 19.9. The molecular formula is C27H30ClF3N2O3. The number of benzene rings is 2. The van der Waals surface area contributed by atoms with Crippen molar-refractivity contribution in [2.45, 2.75) is 57.2 Å². The van der Waals surface area contributed by atoms with Crippen molar-refractivity contribution < 1.29 is 27.9 Å². The molecule has 0 bridgehead atoms. The molecule has 2 aromatic carbocycles. The van der Waals surface area contributed by atoms with Crippen LogP contribution in [0.25, 0.3) is 0 Å². The lowest BCUT2D eigenvalue weighted by atomic mass is 9.91. The minimum Gasteiger partial charge on any atom is -0.478 e. The molecule has 2 aliphatic rings. The molecule has 1 heterocycles. The third-order valence-electron chi connectivity index (χ3n) is 7.49. The van der Waals surface area contributed by atoms with Crippen LogP contribution >= 0.6 is 11.6 Å². The van der Waals surface area contributed by atoms with E-state index in [0.29, 0.717) is 42.9 Å². The van der Waals surface area contributed by atoms with Gasteiger partial charge in [0.1, 0.15) is 0 Å². The van der Waals surface area contributed by atoms with Gasteiger partial charge in [-0.25, -0.2) is 4.79 Å². The van der Waals surface area contributed by atoms with Crippen molar-refractivity contribution in [1.82, 2.24) is 5.32 Å². The zero-order chi connectivity index (χ0) is 25.9. The Balaban J connectivity index is 1.28. The van der Waals surface area contributed by atoms with E-state index >= 15 is 0 Å². The third kappa shape index (κ3) is 6.33. The highest BCUT2D eigenvalue weighted by Crippen LogP contribution is 2.33. The van der Waals surface area contributed by atoms with E-state index in [-0.39, 0.29) is 29.3 Å². The number of anilines is 1. The Morgan fingerprint density at radius 3 is 2.36 bits per heavy atom. The van der Waals surface area contributed by atoms with Gasteiger partial charge >= 0.3 is 12.1 Å². The van der Waals surface area contributed by atoms with Crippen LogP contribution in [0.3, 0.4) is 0 Å². The predicted molar refractivity (Wildman–Crippen MR) is 132 cm³/mol. The van der Waals surface area contributed by atoms with Gasteiger partial charge < -0.3 is 15.3 Å². The molecule has 0 aromatic heterocycles. The van der Waals surface area contributed by atoms with Crippen molar-refractivity contribution in [2.24, 2.45) is 11.8 Å². The summed E-state index contributed by atoms with van der Waals surface area (Å²) in [5.41, 5.74) is 1.04. The van der Waals surface area contributed by atoms with Crippen LogP contribution in [0.2, 0.25) is 5.02 Å². The second kappa shape index (κ2) is 11.1. The van der Waals surface area contributed by atoms with Crippen molar-refractivity contribution in [3.05, 3.63) is 64.2 Å². The van der Waals surface area contributed by atoms with Gasteiger partial charge in [-0.3, -0.25) is 4.79 Å². The van der Waals surface area contributed by atoms with E-state index in [4.69, 9.17) is 11.6 Å². The Bertz CT molecular complexity index is 1080. The fraction of sp³-hybridized carbons (Fsp3) is 0.481. The van der Waals surface area contributed by atoms with Gasteiger partial charge in [0.15, 0.2) is 0 Å². The van der Waals surface area contributed by atoms with Gasteiger partial charge in [-0.15, -0.1) is 0 Å². The molecule has 5 nitrogen and oxygen atoms in total. The molecule has 1 aliphatic carbocycles. The van der Waals surface area contributed by atoms with E-state index < -0.39 is 17.7 Å². The van der Waals surface area contributed by atoms with E-state index in [1.54, 1.807) is 12.1 Å². The van der Waals surface area contributed by atoms with Crippen LogP contribution in [0.4, 0.5) is 18.9 Å². The first-order valence-corrected chi connectivity index (χ1v) is 12.7. The number of hydrogen-bond donors (Lipinski definition) is 2. The van der Waals surface area contributed by atoms with Gasteiger partial charge in [0.05, 0.1) is 11.1 Å². The first kappa shape index (κ1) is 26.3. The Labute approximate surface area is 213 Å². The summed E-state index contributed by atoms with van der Waals surface area (Å²) in [5.74, 6) is -0.779. The highest BCUT2D eigenvalue weighted by Gasteiger charge is 2.33. The summed E-state index contributed by atoms with van der Waals surface area (Å²) in [4.78, 5) is 26.6. The van der Waals surface area contributed by atoms with Crippen LogP contribution < -0.4 is 10.2 Å². The summed E-state index contributed by atoms with van der Waals surface area (Å²) >= 11 is 6.08. The number of piperidine rings is 1. The maximum atomic E-state index is 13.0. The quantitative estimate of drug-likeness (QED) is 0.455. The standard InChI is InChI=1S/C27H30ClF3N2O3/c28-21-8-11-23(26(35)36)19(16-21)5-4-17-2-1-3-24(17)32-25(34)18-12-14-33(15-13-18)22-9-6-20(7-10-22)27(29,30)31/h6-11,16-18,24H,1-5,12-15H2,(H,32,34)(H,35,36)/t17-,24+/m1/s1. The molecule has 0 unspecified atom stereocenters. The molecule has 9 heteroatoms. The van der Waals surface area contributed by atoms with Crippen molar-refractivity contribution in [3.63, 3.8) is 0 Å². The van der Waals surface area contributed by atoms with E-state index in [1.807, 2.05) is 4.90 Å². The average Bonchev–Trinajstić information content (AvgIpc) is 3.29. The van der Waals surface area contributed by atoms with Crippen molar-refractivity contribution in [2.75, 3.05) is 18.0 Å². The molecule has 4 rings (SSSR count). The molecule has 1 saturated heterocycles. The normalized spacial score (nSPS) is 20.9. The highest BCUT2D eigenvalue weighted by molar-refractivity contribution is 6.30. The monoisotopic (exact) mass is 522 g/mol. The number of alkyl halides is 3. The lowest BCUT2D eigenvalue weighted by Crippen LogP contribution is -2.45. The largest absolute Gasteiger partial charge is 0.478 e. The van der Waals surface area contributed by atoms with Crippen molar-refractivity contribution >= 4 is 29.2 Å². The first-order valence-electron chi connectivity index (χ1n) is 12.4. The molecule has 1 aliphatic heterocycles. The van der Waals surface area contributed by atoms with Crippen LogP contribution in [0.1, 0.15) is 60.0 Å². The number of rotatable bonds is 7. The number of hydrogen-bond acceptors (Lipinski definition) is 3. The Kier molecular flexibility index (Phi) is 8.13. The summed E-state index contributed by atoms with van der Waals surface area (Å²) < 4.78 is 38.4. The number of aromatic carboxylic acids is 1. The summed E-state index contributed by atoms with van der Waals surface area (Å²) in [6, 6.07) is 10.1. The number of aryl methyl sites for hydroxylation is 1. The number of carboxylic acids is 1. The number of halogens is 4. The molecule has 1 amide bonds. The van der Waals surface area contributed by atoms with E-state index in [0.717, 1.165) is 43.5 Å². The highest BCUT2D eigenvalue weighted by atomic mass is 35.5. The summed E-state index contributed by atoms with van der Waals surface area (Å²) in [6.07, 6.45) is 1.21. The Morgan fingerprint density at radius 2 is 1.72 bits per heavy atom.